The topological polar surface area (TPSA) is 3.24 Å². The zero-order chi connectivity index (χ0) is 13.8. The lowest BCUT2D eigenvalue weighted by Crippen LogP contribution is -2.09. The van der Waals surface area contributed by atoms with Gasteiger partial charge in [-0.25, -0.2) is 0 Å². The Balaban J connectivity index is 2.19. The van der Waals surface area contributed by atoms with Crippen LogP contribution in [-0.2, 0) is 0 Å². The summed E-state index contributed by atoms with van der Waals surface area (Å²) < 4.78 is 0. The van der Waals surface area contributed by atoms with E-state index >= 15 is 0 Å². The van der Waals surface area contributed by atoms with Crippen molar-refractivity contribution in [3.8, 4) is 0 Å². The maximum absolute atomic E-state index is 2.28. The number of rotatable bonds is 4. The van der Waals surface area contributed by atoms with Crippen molar-refractivity contribution in [3.63, 3.8) is 0 Å². The highest BCUT2D eigenvalue weighted by atomic mass is 15.1. The van der Waals surface area contributed by atoms with E-state index in [1.165, 1.54) is 28.9 Å². The summed E-state index contributed by atoms with van der Waals surface area (Å²) in [6, 6.07) is 17.5. The van der Waals surface area contributed by atoms with Crippen molar-refractivity contribution in [2.24, 2.45) is 0 Å². The van der Waals surface area contributed by atoms with Gasteiger partial charge in [-0.3, -0.25) is 0 Å². The van der Waals surface area contributed by atoms with Crippen molar-refractivity contribution >= 4 is 11.4 Å². The van der Waals surface area contributed by atoms with E-state index in [-0.39, 0.29) is 0 Å². The molecule has 0 radical (unpaired) electrons. The molecule has 2 aromatic rings. The molecule has 1 unspecified atom stereocenters. The molecule has 1 heteroatoms. The molecule has 0 aliphatic heterocycles. The molecule has 1 atom stereocenters. The van der Waals surface area contributed by atoms with Gasteiger partial charge in [0.1, 0.15) is 0 Å². The van der Waals surface area contributed by atoms with Gasteiger partial charge >= 0.3 is 0 Å². The molecule has 2 rings (SSSR count). The van der Waals surface area contributed by atoms with Gasteiger partial charge in [-0.15, -0.1) is 0 Å². The van der Waals surface area contributed by atoms with Gasteiger partial charge in [-0.05, 0) is 49.1 Å². The highest BCUT2D eigenvalue weighted by Gasteiger charge is 2.06. The molecule has 0 amide bonds. The standard InChI is InChI=1S/C18H23N/c1-5-15(3)16-8-12-18(13-9-16)19(4)17-10-6-14(2)7-11-17/h6-13,15H,5H2,1-4H3. The Morgan fingerprint density at radius 1 is 0.895 bits per heavy atom. The molecule has 0 saturated carbocycles. The molecular weight excluding hydrogens is 230 g/mol. The first-order chi connectivity index (χ1) is 9.11. The van der Waals surface area contributed by atoms with Crippen molar-refractivity contribution in [2.75, 3.05) is 11.9 Å². The predicted octanol–water partition coefficient (Wildman–Crippen LogP) is 5.28. The summed E-state index contributed by atoms with van der Waals surface area (Å²) in [5.41, 5.74) is 5.17. The molecule has 100 valence electrons. The highest BCUT2D eigenvalue weighted by molar-refractivity contribution is 5.62. The van der Waals surface area contributed by atoms with Crippen LogP contribution < -0.4 is 4.90 Å². The van der Waals surface area contributed by atoms with Crippen LogP contribution in [-0.4, -0.2) is 7.05 Å². The molecule has 0 heterocycles. The van der Waals surface area contributed by atoms with Crippen LogP contribution in [0.3, 0.4) is 0 Å². The van der Waals surface area contributed by atoms with E-state index in [9.17, 15) is 0 Å². The average Bonchev–Trinajstić information content (AvgIpc) is 2.46. The van der Waals surface area contributed by atoms with Crippen molar-refractivity contribution in [1.82, 2.24) is 0 Å². The largest absolute Gasteiger partial charge is 0.345 e. The number of benzene rings is 2. The quantitative estimate of drug-likeness (QED) is 0.717. The minimum atomic E-state index is 0.638. The smallest absolute Gasteiger partial charge is 0.0408 e. The molecule has 2 aromatic carbocycles. The Kier molecular flexibility index (Phi) is 4.26. The Labute approximate surface area is 116 Å². The van der Waals surface area contributed by atoms with Crippen LogP contribution in [0.2, 0.25) is 0 Å². The molecule has 0 bridgehead atoms. The van der Waals surface area contributed by atoms with E-state index in [0.29, 0.717) is 5.92 Å². The molecule has 0 aliphatic carbocycles. The van der Waals surface area contributed by atoms with E-state index < -0.39 is 0 Å². The molecule has 0 saturated heterocycles. The number of anilines is 2. The summed E-state index contributed by atoms with van der Waals surface area (Å²) in [6.07, 6.45) is 1.19. The van der Waals surface area contributed by atoms with Gasteiger partial charge in [0.05, 0.1) is 0 Å². The van der Waals surface area contributed by atoms with Crippen molar-refractivity contribution in [3.05, 3.63) is 59.7 Å². The van der Waals surface area contributed by atoms with Crippen LogP contribution in [0.4, 0.5) is 11.4 Å². The Bertz CT molecular complexity index is 510. The van der Waals surface area contributed by atoms with Crippen LogP contribution in [0.1, 0.15) is 37.3 Å². The first kappa shape index (κ1) is 13.7. The molecule has 0 N–H and O–H groups in total. The summed E-state index contributed by atoms with van der Waals surface area (Å²) in [5, 5.41) is 0. The highest BCUT2D eigenvalue weighted by Crippen LogP contribution is 2.26. The van der Waals surface area contributed by atoms with Crippen LogP contribution in [0.15, 0.2) is 48.5 Å². The lowest BCUT2D eigenvalue weighted by atomic mass is 9.98. The molecule has 0 fully saturated rings. The molecular formula is C18H23N. The third-order valence-electron chi connectivity index (χ3n) is 3.88. The predicted molar refractivity (Wildman–Crippen MR) is 84.4 cm³/mol. The fourth-order valence-electron chi connectivity index (χ4n) is 2.18. The SMILES string of the molecule is CCC(C)c1ccc(N(C)c2ccc(C)cc2)cc1. The van der Waals surface area contributed by atoms with Gasteiger partial charge < -0.3 is 4.90 Å². The third-order valence-corrected chi connectivity index (χ3v) is 3.88. The zero-order valence-electron chi connectivity index (χ0n) is 12.4. The Morgan fingerprint density at radius 2 is 1.37 bits per heavy atom. The molecule has 0 aromatic heterocycles. The van der Waals surface area contributed by atoms with Crippen molar-refractivity contribution in [2.45, 2.75) is 33.1 Å². The number of hydrogen-bond donors (Lipinski definition) is 0. The molecule has 1 nitrogen and oxygen atoms in total. The summed E-state index contributed by atoms with van der Waals surface area (Å²) >= 11 is 0. The summed E-state index contributed by atoms with van der Waals surface area (Å²) in [4.78, 5) is 2.22. The fourth-order valence-corrected chi connectivity index (χ4v) is 2.18. The van der Waals surface area contributed by atoms with E-state index in [4.69, 9.17) is 0 Å². The lowest BCUT2D eigenvalue weighted by Gasteiger charge is -2.20. The Hall–Kier alpha value is -1.76. The average molecular weight is 253 g/mol. The van der Waals surface area contributed by atoms with Gasteiger partial charge in [0.25, 0.3) is 0 Å². The summed E-state index contributed by atoms with van der Waals surface area (Å²) in [5.74, 6) is 0.638. The maximum Gasteiger partial charge on any atom is 0.0408 e. The second-order valence-electron chi connectivity index (χ2n) is 5.30. The number of aryl methyl sites for hydroxylation is 1. The van der Waals surface area contributed by atoms with Crippen LogP contribution in [0.25, 0.3) is 0 Å². The third kappa shape index (κ3) is 3.17. The number of hydrogen-bond acceptors (Lipinski definition) is 1. The summed E-state index contributed by atoms with van der Waals surface area (Å²) in [6.45, 7) is 6.63. The monoisotopic (exact) mass is 253 g/mol. The Morgan fingerprint density at radius 3 is 1.84 bits per heavy atom. The normalized spacial score (nSPS) is 12.2. The van der Waals surface area contributed by atoms with Crippen LogP contribution >= 0.6 is 0 Å². The van der Waals surface area contributed by atoms with Gasteiger partial charge in [0.2, 0.25) is 0 Å². The van der Waals surface area contributed by atoms with E-state index in [0.717, 1.165) is 0 Å². The van der Waals surface area contributed by atoms with E-state index in [1.54, 1.807) is 0 Å². The van der Waals surface area contributed by atoms with Crippen LogP contribution in [0.5, 0.6) is 0 Å². The van der Waals surface area contributed by atoms with Gasteiger partial charge in [-0.2, -0.15) is 0 Å². The fraction of sp³-hybridized carbons (Fsp3) is 0.333. The van der Waals surface area contributed by atoms with E-state index in [1.807, 2.05) is 0 Å². The first-order valence-electron chi connectivity index (χ1n) is 7.02. The second kappa shape index (κ2) is 5.92. The minimum absolute atomic E-state index is 0.638. The minimum Gasteiger partial charge on any atom is -0.345 e. The molecule has 0 aliphatic rings. The molecule has 0 spiro atoms. The second-order valence-corrected chi connectivity index (χ2v) is 5.30. The molecule has 19 heavy (non-hydrogen) atoms. The lowest BCUT2D eigenvalue weighted by molar-refractivity contribution is 0.733. The van der Waals surface area contributed by atoms with Gasteiger partial charge in [0.15, 0.2) is 0 Å². The maximum atomic E-state index is 2.28. The summed E-state index contributed by atoms with van der Waals surface area (Å²) in [7, 11) is 2.11. The van der Waals surface area contributed by atoms with E-state index in [2.05, 4.69) is 81.2 Å². The number of nitrogens with zero attached hydrogens (tertiary/aromatic N) is 1. The van der Waals surface area contributed by atoms with Crippen LogP contribution in [0, 0.1) is 6.92 Å². The van der Waals surface area contributed by atoms with Gasteiger partial charge in [0, 0.05) is 18.4 Å². The van der Waals surface area contributed by atoms with Gasteiger partial charge in [-0.1, -0.05) is 43.7 Å². The first-order valence-corrected chi connectivity index (χ1v) is 7.02. The van der Waals surface area contributed by atoms with Crippen molar-refractivity contribution in [1.29, 1.82) is 0 Å². The van der Waals surface area contributed by atoms with Crippen molar-refractivity contribution < 1.29 is 0 Å². The zero-order valence-corrected chi connectivity index (χ0v) is 12.4.